The van der Waals surface area contributed by atoms with Gasteiger partial charge in [0, 0.05) is 17.7 Å². The van der Waals surface area contributed by atoms with Crippen molar-refractivity contribution >= 4 is 28.3 Å². The van der Waals surface area contributed by atoms with Crippen LogP contribution in [0.5, 0.6) is 0 Å². The summed E-state index contributed by atoms with van der Waals surface area (Å²) in [6.45, 7) is 6.13. The second-order valence-corrected chi connectivity index (χ2v) is 6.73. The van der Waals surface area contributed by atoms with Crippen molar-refractivity contribution in [1.29, 1.82) is 0 Å². The van der Waals surface area contributed by atoms with Crippen molar-refractivity contribution in [2.45, 2.75) is 33.2 Å². The first kappa shape index (κ1) is 16.3. The number of nitro groups is 1. The Labute approximate surface area is 126 Å². The zero-order valence-electron chi connectivity index (χ0n) is 11.5. The number of nitro benzene ring substituents is 1. The Hall–Kier alpha value is -0.760. The van der Waals surface area contributed by atoms with E-state index in [1.54, 1.807) is 22.6 Å². The van der Waals surface area contributed by atoms with E-state index in [4.69, 9.17) is 0 Å². The average Bonchev–Trinajstić information content (AvgIpc) is 2.27. The van der Waals surface area contributed by atoms with Crippen molar-refractivity contribution in [3.05, 3.63) is 37.2 Å². The SMILES string of the molecule is CNC(Cc1cc(F)c(I)cc1[N+](=O)[O-])C(C)(C)C. The number of nitrogens with zero attached hydrogens (tertiary/aromatic N) is 1. The van der Waals surface area contributed by atoms with Crippen molar-refractivity contribution < 1.29 is 9.31 Å². The van der Waals surface area contributed by atoms with Gasteiger partial charge >= 0.3 is 0 Å². The Morgan fingerprint density at radius 3 is 2.47 bits per heavy atom. The van der Waals surface area contributed by atoms with Gasteiger partial charge in [0.1, 0.15) is 5.82 Å². The standard InChI is InChI=1S/C13H18FIN2O2/c1-13(2,3)12(16-4)6-8-5-9(14)10(15)7-11(8)17(18)19/h5,7,12,16H,6H2,1-4H3. The number of hydrogen-bond donors (Lipinski definition) is 1. The number of benzene rings is 1. The Bertz CT molecular complexity index is 486. The number of rotatable bonds is 4. The zero-order valence-corrected chi connectivity index (χ0v) is 13.6. The molecule has 1 rings (SSSR count). The lowest BCUT2D eigenvalue weighted by atomic mass is 9.83. The van der Waals surface area contributed by atoms with E-state index in [1.165, 1.54) is 12.1 Å². The maximum absolute atomic E-state index is 13.6. The monoisotopic (exact) mass is 380 g/mol. The third-order valence-electron chi connectivity index (χ3n) is 3.14. The third-order valence-corrected chi connectivity index (χ3v) is 3.96. The predicted octanol–water partition coefficient (Wildman–Crippen LogP) is 3.52. The summed E-state index contributed by atoms with van der Waals surface area (Å²) in [5, 5.41) is 14.2. The number of halogens is 2. The van der Waals surface area contributed by atoms with Crippen LogP contribution in [0.4, 0.5) is 10.1 Å². The van der Waals surface area contributed by atoms with Crippen LogP contribution >= 0.6 is 22.6 Å². The summed E-state index contributed by atoms with van der Waals surface area (Å²) < 4.78 is 13.9. The van der Waals surface area contributed by atoms with Crippen molar-refractivity contribution in [2.75, 3.05) is 7.05 Å². The Balaban J connectivity index is 3.19. The van der Waals surface area contributed by atoms with Gasteiger partial charge in [0.15, 0.2) is 0 Å². The molecule has 4 nitrogen and oxygen atoms in total. The molecule has 0 radical (unpaired) electrons. The molecule has 1 atom stereocenters. The summed E-state index contributed by atoms with van der Waals surface area (Å²) >= 11 is 1.76. The molecule has 1 unspecified atom stereocenters. The summed E-state index contributed by atoms with van der Waals surface area (Å²) in [5.74, 6) is -0.412. The smallest absolute Gasteiger partial charge is 0.273 e. The topological polar surface area (TPSA) is 55.2 Å². The van der Waals surface area contributed by atoms with Gasteiger partial charge in [0.2, 0.25) is 0 Å². The van der Waals surface area contributed by atoms with Crippen LogP contribution in [0.15, 0.2) is 12.1 Å². The highest BCUT2D eigenvalue weighted by molar-refractivity contribution is 14.1. The summed E-state index contributed by atoms with van der Waals surface area (Å²) in [5.41, 5.74) is 0.342. The van der Waals surface area contributed by atoms with Crippen molar-refractivity contribution in [3.63, 3.8) is 0 Å². The molecule has 0 spiro atoms. The molecule has 1 N–H and O–H groups in total. The molecule has 19 heavy (non-hydrogen) atoms. The van der Waals surface area contributed by atoms with E-state index in [2.05, 4.69) is 5.32 Å². The largest absolute Gasteiger partial charge is 0.316 e. The average molecular weight is 380 g/mol. The van der Waals surface area contributed by atoms with E-state index in [1.807, 2.05) is 27.8 Å². The molecule has 0 saturated heterocycles. The van der Waals surface area contributed by atoms with Gasteiger partial charge in [-0.1, -0.05) is 20.8 Å². The second-order valence-electron chi connectivity index (χ2n) is 5.56. The van der Waals surface area contributed by atoms with E-state index in [9.17, 15) is 14.5 Å². The first-order valence-corrected chi connectivity index (χ1v) is 7.04. The maximum atomic E-state index is 13.6. The van der Waals surface area contributed by atoms with Crippen LogP contribution in [0.3, 0.4) is 0 Å². The fourth-order valence-electron chi connectivity index (χ4n) is 1.97. The van der Waals surface area contributed by atoms with Crippen molar-refractivity contribution in [1.82, 2.24) is 5.32 Å². The van der Waals surface area contributed by atoms with Gasteiger partial charge in [-0.2, -0.15) is 0 Å². The molecule has 0 heterocycles. The Morgan fingerprint density at radius 1 is 1.47 bits per heavy atom. The van der Waals surface area contributed by atoms with E-state index in [-0.39, 0.29) is 20.7 Å². The van der Waals surface area contributed by atoms with Crippen molar-refractivity contribution in [3.8, 4) is 0 Å². The van der Waals surface area contributed by atoms with Crippen LogP contribution in [-0.4, -0.2) is 18.0 Å². The van der Waals surface area contributed by atoms with E-state index < -0.39 is 10.7 Å². The number of nitrogens with one attached hydrogen (secondary N) is 1. The Morgan fingerprint density at radius 2 is 2.05 bits per heavy atom. The van der Waals surface area contributed by atoms with Gasteiger partial charge in [-0.15, -0.1) is 0 Å². The van der Waals surface area contributed by atoms with Crippen LogP contribution in [0.2, 0.25) is 0 Å². The van der Waals surface area contributed by atoms with Gasteiger partial charge in [-0.05, 0) is 47.5 Å². The van der Waals surface area contributed by atoms with Crippen LogP contribution in [0.25, 0.3) is 0 Å². The van der Waals surface area contributed by atoms with E-state index in [0.29, 0.717) is 12.0 Å². The molecule has 1 aromatic rings. The van der Waals surface area contributed by atoms with Crippen LogP contribution in [-0.2, 0) is 6.42 Å². The molecule has 0 aromatic heterocycles. The lowest BCUT2D eigenvalue weighted by Crippen LogP contribution is -2.39. The lowest BCUT2D eigenvalue weighted by Gasteiger charge is -2.30. The summed E-state index contributed by atoms with van der Waals surface area (Å²) in [6, 6.07) is 2.60. The highest BCUT2D eigenvalue weighted by atomic mass is 127. The molecule has 0 bridgehead atoms. The minimum Gasteiger partial charge on any atom is -0.316 e. The normalized spacial score (nSPS) is 13.4. The number of hydrogen-bond acceptors (Lipinski definition) is 3. The van der Waals surface area contributed by atoms with Gasteiger partial charge in [-0.25, -0.2) is 4.39 Å². The maximum Gasteiger partial charge on any atom is 0.273 e. The van der Waals surface area contributed by atoms with Gasteiger partial charge in [0.05, 0.1) is 8.49 Å². The lowest BCUT2D eigenvalue weighted by molar-refractivity contribution is -0.385. The molecule has 0 saturated carbocycles. The highest BCUT2D eigenvalue weighted by Crippen LogP contribution is 2.29. The molecule has 1 aromatic carbocycles. The quantitative estimate of drug-likeness (QED) is 0.494. The first-order chi connectivity index (χ1) is 8.66. The van der Waals surface area contributed by atoms with E-state index in [0.717, 1.165) is 0 Å². The number of likely N-dealkylation sites (N-methyl/N-ethyl adjacent to an activating group) is 1. The fourth-order valence-corrected chi connectivity index (χ4v) is 2.42. The molecule has 6 heteroatoms. The van der Waals surface area contributed by atoms with Crippen LogP contribution < -0.4 is 5.32 Å². The molecule has 0 aliphatic rings. The minimum atomic E-state index is -0.452. The van der Waals surface area contributed by atoms with E-state index >= 15 is 0 Å². The zero-order chi connectivity index (χ0) is 14.8. The first-order valence-electron chi connectivity index (χ1n) is 5.96. The highest BCUT2D eigenvalue weighted by Gasteiger charge is 2.27. The molecular weight excluding hydrogens is 362 g/mol. The molecule has 0 amide bonds. The molecule has 0 aliphatic carbocycles. The molecule has 0 aliphatic heterocycles. The fraction of sp³-hybridized carbons (Fsp3) is 0.538. The van der Waals surface area contributed by atoms with Crippen LogP contribution in [0, 0.1) is 24.9 Å². The Kier molecular flexibility index (Phi) is 5.26. The second kappa shape index (κ2) is 6.13. The van der Waals surface area contributed by atoms with Gasteiger partial charge in [-0.3, -0.25) is 10.1 Å². The molecule has 106 valence electrons. The molecule has 0 fully saturated rings. The van der Waals surface area contributed by atoms with Gasteiger partial charge in [0.25, 0.3) is 5.69 Å². The summed E-state index contributed by atoms with van der Waals surface area (Å²) in [7, 11) is 1.81. The summed E-state index contributed by atoms with van der Waals surface area (Å²) in [6.07, 6.45) is 0.421. The minimum absolute atomic E-state index is 0.0182. The predicted molar refractivity (Wildman–Crippen MR) is 81.8 cm³/mol. The summed E-state index contributed by atoms with van der Waals surface area (Å²) in [4.78, 5) is 10.6. The van der Waals surface area contributed by atoms with Crippen molar-refractivity contribution in [2.24, 2.45) is 5.41 Å². The van der Waals surface area contributed by atoms with Gasteiger partial charge < -0.3 is 5.32 Å². The molecular formula is C13H18FIN2O2. The third kappa shape index (κ3) is 4.10. The van der Waals surface area contributed by atoms with Crippen LogP contribution in [0.1, 0.15) is 26.3 Å².